The van der Waals surface area contributed by atoms with Crippen LogP contribution in [0.2, 0.25) is 0 Å². The highest BCUT2D eigenvalue weighted by Gasteiger charge is 2.30. The van der Waals surface area contributed by atoms with Crippen molar-refractivity contribution < 1.29 is 23.1 Å². The largest absolute Gasteiger partial charge is 0.478 e. The molecule has 9 heteroatoms. The van der Waals surface area contributed by atoms with E-state index in [1.807, 2.05) is 6.92 Å². The van der Waals surface area contributed by atoms with Crippen molar-refractivity contribution in [1.82, 2.24) is 4.31 Å². The summed E-state index contributed by atoms with van der Waals surface area (Å²) >= 11 is 1.06. The van der Waals surface area contributed by atoms with Gasteiger partial charge in [0.2, 0.25) is 10.0 Å². The van der Waals surface area contributed by atoms with E-state index in [9.17, 15) is 18.0 Å². The van der Waals surface area contributed by atoms with Crippen LogP contribution in [0.15, 0.2) is 40.6 Å². The van der Waals surface area contributed by atoms with Gasteiger partial charge in [-0.3, -0.25) is 4.79 Å². The van der Waals surface area contributed by atoms with Crippen LogP contribution in [0.25, 0.3) is 0 Å². The molecule has 1 aliphatic rings. The Balaban J connectivity index is 1.72. The van der Waals surface area contributed by atoms with E-state index >= 15 is 0 Å². The Morgan fingerprint density at radius 1 is 1.26 bits per heavy atom. The minimum absolute atomic E-state index is 0.119. The number of benzene rings is 1. The Kier molecular flexibility index (Phi) is 5.64. The van der Waals surface area contributed by atoms with Crippen molar-refractivity contribution in [2.75, 3.05) is 18.4 Å². The highest BCUT2D eigenvalue weighted by molar-refractivity contribution is 7.89. The smallest absolute Gasteiger partial charge is 0.335 e. The van der Waals surface area contributed by atoms with E-state index in [4.69, 9.17) is 5.11 Å². The summed E-state index contributed by atoms with van der Waals surface area (Å²) in [4.78, 5) is 23.6. The molecule has 3 rings (SSSR count). The lowest BCUT2D eigenvalue weighted by Crippen LogP contribution is -2.38. The molecule has 2 N–H and O–H groups in total. The van der Waals surface area contributed by atoms with E-state index in [1.165, 1.54) is 40.0 Å². The highest BCUT2D eigenvalue weighted by atomic mass is 32.2. The molecule has 1 unspecified atom stereocenters. The van der Waals surface area contributed by atoms with Gasteiger partial charge in [0, 0.05) is 24.2 Å². The minimum atomic E-state index is -3.60. The summed E-state index contributed by atoms with van der Waals surface area (Å²) in [6.45, 7) is 3.03. The van der Waals surface area contributed by atoms with Gasteiger partial charge in [-0.25, -0.2) is 13.2 Å². The van der Waals surface area contributed by atoms with Crippen LogP contribution in [0.1, 0.15) is 39.8 Å². The van der Waals surface area contributed by atoms with Crippen molar-refractivity contribution >= 4 is 38.9 Å². The van der Waals surface area contributed by atoms with Crippen LogP contribution >= 0.6 is 11.3 Å². The molecule has 2 aromatic rings. The maximum absolute atomic E-state index is 12.8. The molecular formula is C18H20N2O5S2. The van der Waals surface area contributed by atoms with Crippen LogP contribution in [0.4, 0.5) is 5.69 Å². The van der Waals surface area contributed by atoms with Crippen LogP contribution in [0.5, 0.6) is 0 Å². The first kappa shape index (κ1) is 19.5. The number of sulfonamides is 1. The van der Waals surface area contributed by atoms with Gasteiger partial charge in [-0.1, -0.05) is 6.92 Å². The predicted molar refractivity (Wildman–Crippen MR) is 103 cm³/mol. The average molecular weight is 409 g/mol. The molecule has 0 saturated carbocycles. The van der Waals surface area contributed by atoms with Crippen LogP contribution in [-0.4, -0.2) is 42.8 Å². The Bertz CT molecular complexity index is 950. The second kappa shape index (κ2) is 7.79. The first-order valence-corrected chi connectivity index (χ1v) is 10.8. The van der Waals surface area contributed by atoms with Gasteiger partial charge in [0.25, 0.3) is 5.91 Å². The van der Waals surface area contributed by atoms with Crippen molar-refractivity contribution in [2.24, 2.45) is 5.92 Å². The van der Waals surface area contributed by atoms with Crippen LogP contribution in [0, 0.1) is 5.92 Å². The molecule has 0 radical (unpaired) electrons. The third-order valence-electron chi connectivity index (χ3n) is 4.45. The minimum Gasteiger partial charge on any atom is -0.478 e. The zero-order valence-electron chi connectivity index (χ0n) is 14.7. The van der Waals surface area contributed by atoms with Crippen LogP contribution < -0.4 is 5.32 Å². The first-order valence-electron chi connectivity index (χ1n) is 8.51. The third-order valence-corrected chi connectivity index (χ3v) is 7.37. The van der Waals surface area contributed by atoms with Crippen LogP contribution in [-0.2, 0) is 10.0 Å². The van der Waals surface area contributed by atoms with E-state index in [1.54, 1.807) is 0 Å². The first-order chi connectivity index (χ1) is 12.8. The second-order valence-corrected chi connectivity index (χ2v) is 9.44. The molecular weight excluding hydrogens is 388 g/mol. The molecule has 144 valence electrons. The Hall–Kier alpha value is -2.23. The second-order valence-electron chi connectivity index (χ2n) is 6.59. The van der Waals surface area contributed by atoms with Crippen molar-refractivity contribution in [3.8, 4) is 0 Å². The Morgan fingerprint density at radius 2 is 1.96 bits per heavy atom. The molecule has 1 atom stereocenters. The number of thiophene rings is 1. The molecule has 0 bridgehead atoms. The third kappa shape index (κ3) is 4.37. The number of anilines is 1. The van der Waals surface area contributed by atoms with Gasteiger partial charge >= 0.3 is 5.97 Å². The number of carboxylic acids is 1. The van der Waals surface area contributed by atoms with E-state index in [0.717, 1.165) is 24.2 Å². The fraction of sp³-hybridized carbons (Fsp3) is 0.333. The van der Waals surface area contributed by atoms with Crippen molar-refractivity contribution in [3.05, 3.63) is 46.2 Å². The van der Waals surface area contributed by atoms with Gasteiger partial charge < -0.3 is 10.4 Å². The van der Waals surface area contributed by atoms with E-state index in [0.29, 0.717) is 24.7 Å². The summed E-state index contributed by atoms with van der Waals surface area (Å²) in [5.74, 6) is -1.16. The number of amides is 1. The molecule has 1 aromatic heterocycles. The van der Waals surface area contributed by atoms with E-state index in [-0.39, 0.29) is 15.3 Å². The normalized spacial score (nSPS) is 18.2. The predicted octanol–water partition coefficient (Wildman–Crippen LogP) is 3.12. The molecule has 1 fully saturated rings. The number of nitrogens with zero attached hydrogens (tertiary/aromatic N) is 1. The standard InChI is InChI=1S/C18H20N2O5S2/c1-12-3-2-8-20(10-12)27(24,25)15-9-16(26-11-15)17(21)19-14-6-4-13(5-7-14)18(22)23/h4-7,9,11-12H,2-3,8,10H2,1H3,(H,19,21)(H,22,23). The van der Waals surface area contributed by atoms with Gasteiger partial charge in [0.1, 0.15) is 0 Å². The zero-order valence-corrected chi connectivity index (χ0v) is 16.3. The maximum atomic E-state index is 12.8. The number of aromatic carboxylic acids is 1. The molecule has 0 aliphatic carbocycles. The van der Waals surface area contributed by atoms with Crippen molar-refractivity contribution in [1.29, 1.82) is 0 Å². The molecule has 1 amide bonds. The number of nitrogens with one attached hydrogen (secondary N) is 1. The molecule has 0 spiro atoms. The molecule has 7 nitrogen and oxygen atoms in total. The summed E-state index contributed by atoms with van der Waals surface area (Å²) in [5, 5.41) is 13.0. The highest BCUT2D eigenvalue weighted by Crippen LogP contribution is 2.27. The van der Waals surface area contributed by atoms with E-state index < -0.39 is 21.9 Å². The Labute approximate surface area is 161 Å². The number of carbonyl (C=O) groups is 2. The fourth-order valence-electron chi connectivity index (χ4n) is 2.98. The number of hydrogen-bond donors (Lipinski definition) is 2. The van der Waals surface area contributed by atoms with Gasteiger partial charge in [-0.2, -0.15) is 4.31 Å². The van der Waals surface area contributed by atoms with Gasteiger partial charge in [0.15, 0.2) is 0 Å². The molecule has 27 heavy (non-hydrogen) atoms. The van der Waals surface area contributed by atoms with E-state index in [2.05, 4.69) is 5.32 Å². The number of carboxylic acid groups (broad SMARTS) is 1. The lowest BCUT2D eigenvalue weighted by atomic mass is 10.0. The zero-order chi connectivity index (χ0) is 19.6. The summed E-state index contributed by atoms with van der Waals surface area (Å²) in [7, 11) is -3.60. The topological polar surface area (TPSA) is 104 Å². The van der Waals surface area contributed by atoms with Gasteiger partial charge in [0.05, 0.1) is 15.3 Å². The summed E-state index contributed by atoms with van der Waals surface area (Å²) < 4.78 is 27.0. The monoisotopic (exact) mass is 408 g/mol. The molecule has 1 aliphatic heterocycles. The van der Waals surface area contributed by atoms with Crippen molar-refractivity contribution in [3.63, 3.8) is 0 Å². The Morgan fingerprint density at radius 3 is 2.59 bits per heavy atom. The van der Waals surface area contributed by atoms with Gasteiger partial charge in [-0.05, 0) is 49.1 Å². The fourth-order valence-corrected chi connectivity index (χ4v) is 5.73. The summed E-state index contributed by atoms with van der Waals surface area (Å²) in [6, 6.07) is 7.14. The SMILES string of the molecule is CC1CCCN(S(=O)(=O)c2csc(C(=O)Nc3ccc(C(=O)O)cc3)c2)C1. The lowest BCUT2D eigenvalue weighted by Gasteiger charge is -2.29. The molecule has 1 saturated heterocycles. The average Bonchev–Trinajstić information content (AvgIpc) is 3.13. The lowest BCUT2D eigenvalue weighted by molar-refractivity contribution is 0.0696. The number of hydrogen-bond acceptors (Lipinski definition) is 5. The number of piperidine rings is 1. The summed E-state index contributed by atoms with van der Waals surface area (Å²) in [6.07, 6.45) is 1.86. The maximum Gasteiger partial charge on any atom is 0.335 e. The number of carbonyl (C=O) groups excluding carboxylic acids is 1. The number of rotatable bonds is 5. The molecule has 2 heterocycles. The van der Waals surface area contributed by atoms with Gasteiger partial charge in [-0.15, -0.1) is 11.3 Å². The molecule has 1 aromatic carbocycles. The summed E-state index contributed by atoms with van der Waals surface area (Å²) in [5.41, 5.74) is 0.556. The van der Waals surface area contributed by atoms with Crippen LogP contribution in [0.3, 0.4) is 0 Å². The quantitative estimate of drug-likeness (QED) is 0.791. The van der Waals surface area contributed by atoms with Crippen molar-refractivity contribution in [2.45, 2.75) is 24.7 Å².